The molecule has 0 radical (unpaired) electrons. The van der Waals surface area contributed by atoms with Crippen LogP contribution in [0, 0.1) is 0 Å². The molecule has 0 saturated heterocycles. The summed E-state index contributed by atoms with van der Waals surface area (Å²) in [5.41, 5.74) is 0. The lowest BCUT2D eigenvalue weighted by Crippen LogP contribution is -2.20. The Labute approximate surface area is 71.0 Å². The molecule has 0 bridgehead atoms. The molecule has 0 saturated carbocycles. The summed E-state index contributed by atoms with van der Waals surface area (Å²) in [4.78, 5) is 16.6. The molecule has 0 fully saturated rings. The Bertz CT molecular complexity index is 199. The molecule has 74 valence electrons. The van der Waals surface area contributed by atoms with Gasteiger partial charge in [0.15, 0.2) is 0 Å². The topological polar surface area (TPSA) is 127 Å². The summed E-state index contributed by atoms with van der Waals surface area (Å²) in [6.45, 7) is -0.652. The van der Waals surface area contributed by atoms with E-state index in [1.165, 1.54) is 0 Å². The summed E-state index contributed by atoms with van der Waals surface area (Å²) in [6.07, 6.45) is -2.30. The van der Waals surface area contributed by atoms with Gasteiger partial charge in [-0.25, -0.2) is 4.21 Å². The van der Waals surface area contributed by atoms with Crippen molar-refractivity contribution in [2.75, 3.05) is 12.8 Å². The van der Waals surface area contributed by atoms with Gasteiger partial charge in [-0.3, -0.25) is 8.75 Å². The third-order valence-corrected chi connectivity index (χ3v) is 2.03. The number of hydrogen-bond acceptors (Lipinski definition) is 5. The molecule has 2 unspecified atom stereocenters. The maximum absolute atomic E-state index is 10.2. The van der Waals surface area contributed by atoms with E-state index < -0.39 is 37.8 Å². The van der Waals surface area contributed by atoms with E-state index in [9.17, 15) is 13.3 Å². The van der Waals surface area contributed by atoms with Crippen LogP contribution in [0.25, 0.3) is 0 Å². The average molecular weight is 219 g/mol. The van der Waals surface area contributed by atoms with Crippen LogP contribution >= 0.6 is 7.60 Å². The maximum atomic E-state index is 10.2. The van der Waals surface area contributed by atoms with Gasteiger partial charge < -0.3 is 19.4 Å². The van der Waals surface area contributed by atoms with Crippen LogP contribution in [0.1, 0.15) is 0 Å². The highest BCUT2D eigenvalue weighted by Crippen LogP contribution is 2.34. The molecule has 0 aromatic heterocycles. The van der Waals surface area contributed by atoms with Crippen LogP contribution < -0.4 is 0 Å². The molecular weight excluding hydrogens is 211 g/mol. The van der Waals surface area contributed by atoms with Crippen molar-refractivity contribution in [3.8, 4) is 0 Å². The lowest BCUT2D eigenvalue weighted by molar-refractivity contribution is 0.121. The fourth-order valence-electron chi connectivity index (χ4n) is 0.461. The number of hydrogen-bond donors (Lipinski definition) is 3. The third kappa shape index (κ3) is 8.28. The minimum Gasteiger partial charge on any atom is -0.750 e. The summed E-state index contributed by atoms with van der Waals surface area (Å²) >= 11 is -2.78. The Hall–Kier alpha value is 0.180. The predicted octanol–water partition coefficient (Wildman–Crippen LogP) is -1.66. The van der Waals surface area contributed by atoms with Gasteiger partial charge in [0.25, 0.3) is 0 Å². The van der Waals surface area contributed by atoms with Gasteiger partial charge in [0.05, 0.1) is 30.2 Å². The molecule has 0 aliphatic carbocycles. The first-order chi connectivity index (χ1) is 5.31. The first kappa shape index (κ1) is 12.2. The van der Waals surface area contributed by atoms with Crippen LogP contribution in [0.15, 0.2) is 0 Å². The van der Waals surface area contributed by atoms with Gasteiger partial charge in [-0.1, -0.05) is 0 Å². The van der Waals surface area contributed by atoms with Crippen molar-refractivity contribution in [3.05, 3.63) is 0 Å². The molecule has 0 aromatic rings. The van der Waals surface area contributed by atoms with Crippen LogP contribution in [0.5, 0.6) is 0 Å². The van der Waals surface area contributed by atoms with E-state index in [1.807, 2.05) is 0 Å². The molecule has 0 aromatic carbocycles. The van der Waals surface area contributed by atoms with Crippen molar-refractivity contribution in [1.29, 1.82) is 0 Å². The van der Waals surface area contributed by atoms with Crippen molar-refractivity contribution in [3.63, 3.8) is 0 Å². The molecule has 7 nitrogen and oxygen atoms in total. The van der Waals surface area contributed by atoms with E-state index in [4.69, 9.17) is 14.9 Å². The van der Waals surface area contributed by atoms with Crippen molar-refractivity contribution in [2.45, 2.75) is 6.10 Å². The van der Waals surface area contributed by atoms with Crippen molar-refractivity contribution in [1.82, 2.24) is 0 Å². The Morgan fingerprint density at radius 3 is 2.42 bits per heavy atom. The van der Waals surface area contributed by atoms with Crippen LogP contribution in [0.4, 0.5) is 0 Å². The van der Waals surface area contributed by atoms with E-state index in [0.29, 0.717) is 0 Å². The standard InChI is InChI=1S/C3H9O7PS/c4-3(1-10-12(8)9)2-11(5,6)7/h3-4H,1-2H2,(H,8,9)(H2,5,6,7)/p-1. The van der Waals surface area contributed by atoms with Crippen LogP contribution in [-0.4, -0.2) is 42.5 Å². The summed E-state index contributed by atoms with van der Waals surface area (Å²) in [5.74, 6) is 0. The van der Waals surface area contributed by atoms with E-state index in [0.717, 1.165) is 0 Å². The summed E-state index contributed by atoms with van der Waals surface area (Å²) < 4.78 is 33.6. The van der Waals surface area contributed by atoms with Gasteiger partial charge in [-0.2, -0.15) is 0 Å². The number of aliphatic hydroxyl groups excluding tert-OH is 1. The molecule has 9 heteroatoms. The minimum absolute atomic E-state index is 0.652. The van der Waals surface area contributed by atoms with Crippen molar-refractivity contribution in [2.24, 2.45) is 0 Å². The molecule has 0 aliphatic heterocycles. The molecule has 0 amide bonds. The Kier molecular flexibility index (Phi) is 5.10. The second-order valence-electron chi connectivity index (χ2n) is 1.99. The summed E-state index contributed by atoms with van der Waals surface area (Å²) in [6, 6.07) is 0. The lowest BCUT2D eigenvalue weighted by Gasteiger charge is -2.12. The van der Waals surface area contributed by atoms with Crippen molar-refractivity contribution < 1.29 is 32.4 Å². The van der Waals surface area contributed by atoms with Crippen molar-refractivity contribution >= 4 is 19.0 Å². The first-order valence-electron chi connectivity index (χ1n) is 2.76. The Morgan fingerprint density at radius 2 is 2.08 bits per heavy atom. The van der Waals surface area contributed by atoms with Gasteiger partial charge in [-0.15, -0.1) is 0 Å². The monoisotopic (exact) mass is 219 g/mol. The molecule has 0 aliphatic rings. The molecule has 0 rings (SSSR count). The quantitative estimate of drug-likeness (QED) is 0.372. The molecule has 3 N–H and O–H groups in total. The van der Waals surface area contributed by atoms with Gasteiger partial charge in [-0.05, 0) is 0 Å². The smallest absolute Gasteiger partial charge is 0.328 e. The summed E-state index contributed by atoms with van der Waals surface area (Å²) in [5, 5.41) is 8.74. The zero-order chi connectivity index (χ0) is 9.78. The maximum Gasteiger partial charge on any atom is 0.328 e. The molecule has 0 spiro atoms. The van der Waals surface area contributed by atoms with E-state index >= 15 is 0 Å². The largest absolute Gasteiger partial charge is 0.750 e. The van der Waals surface area contributed by atoms with E-state index in [2.05, 4.69) is 4.18 Å². The number of aliphatic hydroxyl groups is 1. The highest BCUT2D eigenvalue weighted by molar-refractivity contribution is 7.74. The van der Waals surface area contributed by atoms with Gasteiger partial charge >= 0.3 is 7.60 Å². The highest BCUT2D eigenvalue weighted by atomic mass is 32.2. The molecule has 2 atom stereocenters. The van der Waals surface area contributed by atoms with E-state index in [-0.39, 0.29) is 0 Å². The second kappa shape index (κ2) is 5.03. The third-order valence-electron chi connectivity index (χ3n) is 0.805. The SMILES string of the molecule is O=S([O-])OCC(O)CP(=O)(O)O. The van der Waals surface area contributed by atoms with Crippen LogP contribution in [0.2, 0.25) is 0 Å². The molecule has 0 heterocycles. The van der Waals surface area contributed by atoms with E-state index in [1.54, 1.807) is 0 Å². The lowest BCUT2D eigenvalue weighted by atomic mass is 10.4. The molecule has 12 heavy (non-hydrogen) atoms. The summed E-state index contributed by atoms with van der Waals surface area (Å²) in [7, 11) is -4.31. The Balaban J connectivity index is 3.67. The number of rotatable bonds is 5. The van der Waals surface area contributed by atoms with Gasteiger partial charge in [0.1, 0.15) is 0 Å². The fourth-order valence-corrected chi connectivity index (χ4v) is 1.38. The highest BCUT2D eigenvalue weighted by Gasteiger charge is 2.19. The van der Waals surface area contributed by atoms with Crippen LogP contribution in [0.3, 0.4) is 0 Å². The van der Waals surface area contributed by atoms with Crippen LogP contribution in [-0.2, 0) is 20.1 Å². The first-order valence-corrected chi connectivity index (χ1v) is 5.56. The predicted molar refractivity (Wildman–Crippen MR) is 37.8 cm³/mol. The van der Waals surface area contributed by atoms with Gasteiger partial charge in [0.2, 0.25) is 0 Å². The Morgan fingerprint density at radius 1 is 1.58 bits per heavy atom. The second-order valence-corrected chi connectivity index (χ2v) is 4.33. The average Bonchev–Trinajstić information content (AvgIpc) is 1.79. The van der Waals surface area contributed by atoms with Gasteiger partial charge in [0, 0.05) is 0 Å². The minimum atomic E-state index is -4.31. The molecular formula is C3H8O7PS-. The normalized spacial score (nSPS) is 17.3. The zero-order valence-corrected chi connectivity index (χ0v) is 7.53. The fraction of sp³-hybridized carbons (Fsp3) is 1.00. The zero-order valence-electron chi connectivity index (χ0n) is 5.82.